The Hall–Kier alpha value is -3.81. The molecule has 0 aromatic heterocycles. The van der Waals surface area contributed by atoms with Crippen molar-refractivity contribution >= 4 is 35.7 Å². The van der Waals surface area contributed by atoms with Gasteiger partial charge in [0.1, 0.15) is 6.29 Å². The van der Waals surface area contributed by atoms with Crippen LogP contribution in [0.15, 0.2) is 72.8 Å². The maximum atomic E-state index is 12.2. The lowest BCUT2D eigenvalue weighted by Crippen LogP contribution is -2.40. The van der Waals surface area contributed by atoms with Gasteiger partial charge in [-0.3, -0.25) is 24.1 Å². The van der Waals surface area contributed by atoms with Crippen LogP contribution in [0.1, 0.15) is 37.5 Å². The van der Waals surface area contributed by atoms with Crippen LogP contribution in [0.3, 0.4) is 0 Å². The van der Waals surface area contributed by atoms with Gasteiger partial charge in [-0.15, -0.1) is 0 Å². The maximum absolute atomic E-state index is 12.2. The molecule has 2 aliphatic rings. The molecule has 7 nitrogen and oxygen atoms in total. The predicted molar refractivity (Wildman–Crippen MR) is 130 cm³/mol. The number of hydrogen-bond acceptors (Lipinski definition) is 5. The molecule has 35 heavy (non-hydrogen) atoms. The van der Waals surface area contributed by atoms with Crippen LogP contribution in [-0.4, -0.2) is 53.3 Å². The van der Waals surface area contributed by atoms with E-state index in [-0.39, 0.29) is 18.4 Å². The summed E-state index contributed by atoms with van der Waals surface area (Å²) in [5.41, 5.74) is 3.59. The van der Waals surface area contributed by atoms with Gasteiger partial charge in [0.2, 0.25) is 0 Å². The zero-order valence-electron chi connectivity index (χ0n) is 18.6. The first-order valence-electron chi connectivity index (χ1n) is 11.0. The summed E-state index contributed by atoms with van der Waals surface area (Å²) < 4.78 is 5.36. The lowest BCUT2D eigenvalue weighted by molar-refractivity contribution is -0.143. The second-order valence-electron chi connectivity index (χ2n) is 8.16. The van der Waals surface area contributed by atoms with Crippen molar-refractivity contribution in [3.63, 3.8) is 0 Å². The lowest BCUT2D eigenvalue weighted by atomic mass is 10.0. The van der Waals surface area contributed by atoms with E-state index in [2.05, 4.69) is 0 Å². The van der Waals surface area contributed by atoms with Crippen molar-refractivity contribution in [1.82, 2.24) is 4.90 Å². The zero-order chi connectivity index (χ0) is 24.9. The highest BCUT2D eigenvalue weighted by molar-refractivity contribution is 6.30. The number of nitrogens with zero attached hydrogens (tertiary/aromatic N) is 1. The van der Waals surface area contributed by atoms with E-state index in [1.54, 1.807) is 36.4 Å². The number of carbonyl (C=O) groups excluding carboxylic acids is 3. The van der Waals surface area contributed by atoms with E-state index in [1.807, 2.05) is 36.4 Å². The summed E-state index contributed by atoms with van der Waals surface area (Å²) in [6.45, 7) is 0.327. The summed E-state index contributed by atoms with van der Waals surface area (Å²) in [6, 6.07) is 21.7. The summed E-state index contributed by atoms with van der Waals surface area (Å²) in [7, 11) is 0. The Morgan fingerprint density at radius 2 is 1.49 bits per heavy atom. The van der Waals surface area contributed by atoms with Crippen LogP contribution >= 0.6 is 11.6 Å². The summed E-state index contributed by atoms with van der Waals surface area (Å²) in [4.78, 5) is 47.0. The number of amides is 2. The van der Waals surface area contributed by atoms with E-state index < -0.39 is 18.0 Å². The van der Waals surface area contributed by atoms with Crippen molar-refractivity contribution in [3.05, 3.63) is 94.5 Å². The molecule has 1 N–H and O–H groups in total. The van der Waals surface area contributed by atoms with Crippen molar-refractivity contribution in [2.75, 3.05) is 13.2 Å². The zero-order valence-corrected chi connectivity index (χ0v) is 19.4. The summed E-state index contributed by atoms with van der Waals surface area (Å²) in [5.74, 6) is -2.39. The highest BCUT2D eigenvalue weighted by Crippen LogP contribution is 2.27. The van der Waals surface area contributed by atoms with Crippen LogP contribution in [0.5, 0.6) is 0 Å². The topological polar surface area (TPSA) is 101 Å². The number of ether oxygens (including phenoxy) is 1. The average Bonchev–Trinajstić information content (AvgIpc) is 3.44. The minimum Gasteiger partial charge on any atom is -0.481 e. The van der Waals surface area contributed by atoms with Gasteiger partial charge >= 0.3 is 5.97 Å². The minimum absolute atomic E-state index is 0.0106. The Morgan fingerprint density at radius 1 is 0.943 bits per heavy atom. The number of fused-ring (bicyclic) bond motifs is 1. The van der Waals surface area contributed by atoms with Gasteiger partial charge in [-0.25, -0.2) is 0 Å². The first-order chi connectivity index (χ1) is 16.9. The maximum Gasteiger partial charge on any atom is 0.309 e. The van der Waals surface area contributed by atoms with E-state index >= 15 is 0 Å². The van der Waals surface area contributed by atoms with Crippen LogP contribution in [0.2, 0.25) is 5.02 Å². The molecule has 0 spiro atoms. The van der Waals surface area contributed by atoms with Crippen molar-refractivity contribution in [2.45, 2.75) is 12.5 Å². The van der Waals surface area contributed by atoms with Crippen molar-refractivity contribution < 1.29 is 29.0 Å². The summed E-state index contributed by atoms with van der Waals surface area (Å²) in [5, 5.41) is 9.82. The number of halogens is 1. The molecule has 0 radical (unpaired) electrons. The third-order valence-corrected chi connectivity index (χ3v) is 6.24. The van der Waals surface area contributed by atoms with Gasteiger partial charge in [-0.05, 0) is 41.8 Å². The quantitative estimate of drug-likeness (QED) is 0.414. The Morgan fingerprint density at radius 3 is 2.00 bits per heavy atom. The van der Waals surface area contributed by atoms with Gasteiger partial charge < -0.3 is 9.84 Å². The fourth-order valence-electron chi connectivity index (χ4n) is 4.09. The average molecular weight is 492 g/mol. The molecule has 2 heterocycles. The van der Waals surface area contributed by atoms with Crippen molar-refractivity contribution in [2.24, 2.45) is 5.92 Å². The predicted octanol–water partition coefficient (Wildman–Crippen LogP) is 4.59. The van der Waals surface area contributed by atoms with Crippen molar-refractivity contribution in [3.8, 4) is 11.1 Å². The Kier molecular flexibility index (Phi) is 7.39. The Labute approximate surface area is 206 Å². The van der Waals surface area contributed by atoms with E-state index in [0.29, 0.717) is 29.7 Å². The molecule has 3 aromatic rings. The van der Waals surface area contributed by atoms with E-state index in [0.717, 1.165) is 27.3 Å². The van der Waals surface area contributed by atoms with Gasteiger partial charge in [0.25, 0.3) is 11.8 Å². The van der Waals surface area contributed by atoms with Crippen LogP contribution in [0.25, 0.3) is 11.1 Å². The summed E-state index contributed by atoms with van der Waals surface area (Å²) >= 11 is 5.80. The fraction of sp³-hybridized carbons (Fsp3) is 0.185. The van der Waals surface area contributed by atoms with Crippen LogP contribution in [-0.2, 0) is 9.53 Å². The third kappa shape index (κ3) is 5.31. The molecule has 5 rings (SSSR count). The Balaban J connectivity index is 0.000000172. The second-order valence-corrected chi connectivity index (χ2v) is 8.59. The van der Waals surface area contributed by atoms with Crippen LogP contribution in [0.4, 0.5) is 0 Å². The minimum atomic E-state index is -0.955. The fourth-order valence-corrected chi connectivity index (χ4v) is 4.22. The van der Waals surface area contributed by atoms with E-state index in [4.69, 9.17) is 21.4 Å². The molecule has 0 bridgehead atoms. The standard InChI is InChI=1S/C14H13NO5.C13H9ClO/c16-12-8-3-1-2-4-9(8)13(17)15(12)7-11-10(14(18)19)5-6-20-11;14-13-7-5-12(6-8-13)11-3-1-10(9-15)2-4-11/h1-4,10-11H,5-7H2,(H,18,19);1-9H/t10?,11-;/m0./s1. The Bertz CT molecular complexity index is 1220. The normalized spacial score (nSPS) is 18.6. The molecule has 1 saturated heterocycles. The molecule has 1 unspecified atom stereocenters. The molecule has 1 fully saturated rings. The van der Waals surface area contributed by atoms with E-state index in [9.17, 15) is 19.2 Å². The second kappa shape index (κ2) is 10.6. The van der Waals surface area contributed by atoms with Crippen molar-refractivity contribution in [1.29, 1.82) is 0 Å². The molecule has 3 aromatic carbocycles. The summed E-state index contributed by atoms with van der Waals surface area (Å²) in [6.07, 6.45) is 0.615. The molecule has 0 saturated carbocycles. The lowest BCUT2D eigenvalue weighted by Gasteiger charge is -2.21. The number of carboxylic acids is 1. The van der Waals surface area contributed by atoms with E-state index in [1.165, 1.54) is 0 Å². The highest BCUT2D eigenvalue weighted by atomic mass is 35.5. The van der Waals surface area contributed by atoms with Gasteiger partial charge in [0, 0.05) is 17.2 Å². The third-order valence-electron chi connectivity index (χ3n) is 5.99. The number of aliphatic carboxylic acids is 1. The molecule has 2 atom stereocenters. The molecular formula is C27H22ClNO6. The van der Waals surface area contributed by atoms with Crippen LogP contribution in [0, 0.1) is 5.92 Å². The number of imide groups is 1. The largest absolute Gasteiger partial charge is 0.481 e. The number of carboxylic acid groups (broad SMARTS) is 1. The van der Waals surface area contributed by atoms with Gasteiger partial charge in [0.05, 0.1) is 29.7 Å². The van der Waals surface area contributed by atoms with Gasteiger partial charge in [-0.2, -0.15) is 0 Å². The van der Waals surface area contributed by atoms with Gasteiger partial charge in [0.15, 0.2) is 0 Å². The smallest absolute Gasteiger partial charge is 0.309 e. The number of hydrogen-bond donors (Lipinski definition) is 1. The molecule has 2 aliphatic heterocycles. The molecule has 178 valence electrons. The molecular weight excluding hydrogens is 470 g/mol. The molecule has 0 aliphatic carbocycles. The SMILES string of the molecule is O=C(O)C1CCO[C@H]1CN1C(=O)c2ccccc2C1=O.O=Cc1ccc(-c2ccc(Cl)cc2)cc1. The van der Waals surface area contributed by atoms with Gasteiger partial charge in [-0.1, -0.05) is 60.1 Å². The number of benzene rings is 3. The molecule has 8 heteroatoms. The number of carbonyl (C=O) groups is 4. The number of aldehydes is 1. The first kappa shape index (κ1) is 24.3. The highest BCUT2D eigenvalue weighted by Gasteiger charge is 2.41. The number of rotatable bonds is 5. The first-order valence-corrected chi connectivity index (χ1v) is 11.4. The molecule has 2 amide bonds. The monoisotopic (exact) mass is 491 g/mol. The van der Waals surface area contributed by atoms with Crippen LogP contribution < -0.4 is 0 Å².